The molecule has 1 saturated carbocycles. The van der Waals surface area contributed by atoms with Crippen LogP contribution in [-0.4, -0.2) is 44.3 Å². The van der Waals surface area contributed by atoms with Crippen molar-refractivity contribution in [1.29, 1.82) is 0 Å². The third-order valence-electron chi connectivity index (χ3n) is 5.22. The predicted octanol–water partition coefficient (Wildman–Crippen LogP) is 2.47. The van der Waals surface area contributed by atoms with E-state index in [1.165, 1.54) is 38.5 Å². The fraction of sp³-hybridized carbons (Fsp3) is 1.00. The molecule has 2 unspecified atom stereocenters. The van der Waals surface area contributed by atoms with Gasteiger partial charge in [-0.3, -0.25) is 0 Å². The fourth-order valence-electron chi connectivity index (χ4n) is 4.23. The molecule has 2 atom stereocenters. The Balaban J connectivity index is 1.60. The largest absolute Gasteiger partial charge is 0.375 e. The van der Waals surface area contributed by atoms with Gasteiger partial charge in [-0.1, -0.05) is 19.8 Å². The van der Waals surface area contributed by atoms with E-state index in [-0.39, 0.29) is 11.9 Å². The van der Waals surface area contributed by atoms with Crippen molar-refractivity contribution in [3.63, 3.8) is 0 Å². The van der Waals surface area contributed by atoms with Gasteiger partial charge in [0.25, 0.3) is 0 Å². The van der Waals surface area contributed by atoms with Crippen LogP contribution in [0.25, 0.3) is 0 Å². The van der Waals surface area contributed by atoms with Gasteiger partial charge in [0, 0.05) is 19.1 Å². The van der Waals surface area contributed by atoms with E-state index in [1.807, 2.05) is 0 Å². The topological polar surface area (TPSA) is 39.7 Å². The lowest BCUT2D eigenvalue weighted by molar-refractivity contribution is -0.107. The summed E-state index contributed by atoms with van der Waals surface area (Å²) in [6, 6.07) is 0.504. The minimum Gasteiger partial charge on any atom is -0.375 e. The third-order valence-corrected chi connectivity index (χ3v) is 5.22. The van der Waals surface area contributed by atoms with Gasteiger partial charge < -0.3 is 19.5 Å². The van der Waals surface area contributed by atoms with Gasteiger partial charge in [-0.05, 0) is 38.1 Å². The van der Waals surface area contributed by atoms with Crippen molar-refractivity contribution < 1.29 is 14.2 Å². The lowest BCUT2D eigenvalue weighted by Gasteiger charge is -2.42. The minimum atomic E-state index is 0.00132. The summed E-state index contributed by atoms with van der Waals surface area (Å²) < 4.78 is 17.5. The van der Waals surface area contributed by atoms with Crippen LogP contribution in [0.3, 0.4) is 0 Å². The van der Waals surface area contributed by atoms with Crippen molar-refractivity contribution in [2.75, 3.05) is 26.4 Å². The molecule has 2 heterocycles. The monoisotopic (exact) mass is 283 g/mol. The van der Waals surface area contributed by atoms with E-state index >= 15 is 0 Å². The summed E-state index contributed by atoms with van der Waals surface area (Å²) in [7, 11) is 0. The molecule has 3 fully saturated rings. The normalized spacial score (nSPS) is 31.9. The molecular weight excluding hydrogens is 254 g/mol. The summed E-state index contributed by atoms with van der Waals surface area (Å²) in [5.74, 6) is 0.703. The highest BCUT2D eigenvalue weighted by Crippen LogP contribution is 2.43. The number of hydrogen-bond acceptors (Lipinski definition) is 4. The van der Waals surface area contributed by atoms with Crippen LogP contribution in [-0.2, 0) is 14.2 Å². The Morgan fingerprint density at radius 1 is 1.15 bits per heavy atom. The molecule has 4 heteroatoms. The lowest BCUT2D eigenvalue weighted by atomic mass is 9.79. The van der Waals surface area contributed by atoms with Crippen LogP contribution in [0.4, 0.5) is 0 Å². The fourth-order valence-corrected chi connectivity index (χ4v) is 4.23. The number of rotatable bonds is 5. The molecule has 0 aromatic heterocycles. The Hall–Kier alpha value is -0.160. The second-order valence-electron chi connectivity index (χ2n) is 6.56. The molecule has 0 aromatic carbocycles. The van der Waals surface area contributed by atoms with E-state index in [4.69, 9.17) is 14.2 Å². The first-order valence-electron chi connectivity index (χ1n) is 8.42. The van der Waals surface area contributed by atoms with Crippen molar-refractivity contribution in [1.82, 2.24) is 5.32 Å². The summed E-state index contributed by atoms with van der Waals surface area (Å²) in [5, 5.41) is 3.67. The molecule has 0 amide bonds. The van der Waals surface area contributed by atoms with Gasteiger partial charge in [-0.2, -0.15) is 0 Å². The zero-order valence-electron chi connectivity index (χ0n) is 12.7. The number of hydrogen-bond donors (Lipinski definition) is 1. The smallest absolute Gasteiger partial charge is 0.159 e. The van der Waals surface area contributed by atoms with E-state index in [0.717, 1.165) is 32.8 Å². The van der Waals surface area contributed by atoms with E-state index in [1.54, 1.807) is 0 Å². The second kappa shape index (κ2) is 6.73. The van der Waals surface area contributed by atoms with Gasteiger partial charge >= 0.3 is 0 Å². The van der Waals surface area contributed by atoms with Crippen molar-refractivity contribution in [2.45, 2.75) is 69.8 Å². The third kappa shape index (κ3) is 3.35. The van der Waals surface area contributed by atoms with Crippen LogP contribution in [0.1, 0.15) is 51.9 Å². The molecule has 1 spiro atoms. The standard InChI is InChI=1S/C16H29NO3/c1-2-17-14(11-15-18-9-10-19-15)13-5-8-20-16(12-13)6-3-4-7-16/h13-15,17H,2-12H2,1H3. The highest BCUT2D eigenvalue weighted by molar-refractivity contribution is 4.94. The summed E-state index contributed by atoms with van der Waals surface area (Å²) >= 11 is 0. The van der Waals surface area contributed by atoms with E-state index < -0.39 is 0 Å². The molecular formula is C16H29NO3. The summed E-state index contributed by atoms with van der Waals surface area (Å²) in [5.41, 5.74) is 0.202. The first-order chi connectivity index (χ1) is 9.81. The van der Waals surface area contributed by atoms with Gasteiger partial charge in [0.1, 0.15) is 0 Å². The Morgan fingerprint density at radius 3 is 2.60 bits per heavy atom. The summed E-state index contributed by atoms with van der Waals surface area (Å²) in [4.78, 5) is 0. The van der Waals surface area contributed by atoms with Crippen LogP contribution in [0, 0.1) is 5.92 Å². The highest BCUT2D eigenvalue weighted by atomic mass is 16.7. The maximum Gasteiger partial charge on any atom is 0.159 e. The van der Waals surface area contributed by atoms with Crippen LogP contribution in [0.2, 0.25) is 0 Å². The Kier molecular flexibility index (Phi) is 4.97. The molecule has 20 heavy (non-hydrogen) atoms. The second-order valence-corrected chi connectivity index (χ2v) is 6.56. The molecule has 4 nitrogen and oxygen atoms in total. The van der Waals surface area contributed by atoms with Gasteiger partial charge in [0.2, 0.25) is 0 Å². The van der Waals surface area contributed by atoms with Crippen LogP contribution < -0.4 is 5.32 Å². The van der Waals surface area contributed by atoms with Gasteiger partial charge in [-0.25, -0.2) is 0 Å². The quantitative estimate of drug-likeness (QED) is 0.841. The molecule has 1 N–H and O–H groups in total. The van der Waals surface area contributed by atoms with Gasteiger partial charge in [-0.15, -0.1) is 0 Å². The van der Waals surface area contributed by atoms with E-state index in [2.05, 4.69) is 12.2 Å². The average molecular weight is 283 g/mol. The van der Waals surface area contributed by atoms with Gasteiger partial charge in [0.05, 0.1) is 18.8 Å². The van der Waals surface area contributed by atoms with Crippen LogP contribution in [0.15, 0.2) is 0 Å². The molecule has 2 aliphatic heterocycles. The summed E-state index contributed by atoms with van der Waals surface area (Å²) in [6.45, 7) is 5.64. The zero-order chi connectivity index (χ0) is 13.8. The lowest BCUT2D eigenvalue weighted by Crippen LogP contribution is -2.47. The molecule has 0 radical (unpaired) electrons. The van der Waals surface area contributed by atoms with Gasteiger partial charge in [0.15, 0.2) is 6.29 Å². The van der Waals surface area contributed by atoms with Crippen molar-refractivity contribution >= 4 is 0 Å². The first-order valence-corrected chi connectivity index (χ1v) is 8.42. The number of nitrogens with one attached hydrogen (secondary N) is 1. The summed E-state index contributed by atoms with van der Waals surface area (Å²) in [6.07, 6.45) is 8.58. The highest BCUT2D eigenvalue weighted by Gasteiger charge is 2.42. The molecule has 3 aliphatic rings. The van der Waals surface area contributed by atoms with E-state index in [9.17, 15) is 0 Å². The Bertz CT molecular complexity index is 296. The first kappa shape index (κ1) is 14.8. The maximum absolute atomic E-state index is 6.16. The SMILES string of the molecule is CCNC(CC1OCCO1)C1CCOC2(CCCC2)C1. The van der Waals surface area contributed by atoms with E-state index in [0.29, 0.717) is 12.0 Å². The zero-order valence-corrected chi connectivity index (χ0v) is 12.7. The molecule has 116 valence electrons. The minimum absolute atomic E-state index is 0.00132. The average Bonchev–Trinajstić information content (AvgIpc) is 3.11. The molecule has 2 saturated heterocycles. The van der Waals surface area contributed by atoms with Crippen LogP contribution in [0.5, 0.6) is 0 Å². The predicted molar refractivity (Wildman–Crippen MR) is 77.6 cm³/mol. The molecule has 3 rings (SSSR count). The molecule has 0 aromatic rings. The molecule has 1 aliphatic carbocycles. The van der Waals surface area contributed by atoms with Crippen molar-refractivity contribution in [3.05, 3.63) is 0 Å². The van der Waals surface area contributed by atoms with Crippen LogP contribution >= 0.6 is 0 Å². The maximum atomic E-state index is 6.16. The molecule has 0 bridgehead atoms. The Morgan fingerprint density at radius 2 is 1.90 bits per heavy atom. The Labute approximate surface area is 122 Å². The number of ether oxygens (including phenoxy) is 3. The van der Waals surface area contributed by atoms with Crippen molar-refractivity contribution in [2.24, 2.45) is 5.92 Å². The van der Waals surface area contributed by atoms with Crippen molar-refractivity contribution in [3.8, 4) is 0 Å².